The third kappa shape index (κ3) is 3.02. The molecule has 2 nitrogen and oxygen atoms in total. The van der Waals surface area contributed by atoms with Gasteiger partial charge < -0.3 is 0 Å². The summed E-state index contributed by atoms with van der Waals surface area (Å²) in [4.78, 5) is 0. The van der Waals surface area contributed by atoms with Gasteiger partial charge in [-0.15, -0.1) is 0 Å². The first-order valence-electron chi connectivity index (χ1n) is 6.00. The minimum absolute atomic E-state index is 0.263. The molecule has 0 fully saturated rings. The highest BCUT2D eigenvalue weighted by Gasteiger charge is 2.05. The molecule has 0 aromatic heterocycles. The maximum Gasteiger partial charge on any atom is 0.128 e. The van der Waals surface area contributed by atoms with Gasteiger partial charge in [0.2, 0.25) is 0 Å². The van der Waals surface area contributed by atoms with Crippen LogP contribution in [0.25, 0.3) is 0 Å². The Labute approximate surface area is 111 Å². The fraction of sp³-hybridized carbons (Fsp3) is 0.200. The summed E-state index contributed by atoms with van der Waals surface area (Å²) in [5.74, 6) is -0.533. The van der Waals surface area contributed by atoms with E-state index in [1.807, 2.05) is 0 Å². The molecular formula is C15H16F2N2. The second kappa shape index (κ2) is 5.26. The van der Waals surface area contributed by atoms with Crippen molar-refractivity contribution in [3.05, 3.63) is 59.2 Å². The van der Waals surface area contributed by atoms with Crippen molar-refractivity contribution in [3.63, 3.8) is 0 Å². The number of hydrazine groups is 1. The van der Waals surface area contributed by atoms with Crippen molar-refractivity contribution in [1.29, 1.82) is 0 Å². The van der Waals surface area contributed by atoms with Crippen LogP contribution >= 0.6 is 0 Å². The van der Waals surface area contributed by atoms with E-state index >= 15 is 0 Å². The van der Waals surface area contributed by atoms with Crippen molar-refractivity contribution < 1.29 is 8.78 Å². The van der Waals surface area contributed by atoms with E-state index in [2.05, 4.69) is 5.43 Å². The zero-order valence-electron chi connectivity index (χ0n) is 11.2. The lowest BCUT2D eigenvalue weighted by Gasteiger charge is -2.22. The zero-order valence-corrected chi connectivity index (χ0v) is 11.2. The molecule has 0 aliphatic carbocycles. The van der Waals surface area contributed by atoms with Crippen molar-refractivity contribution in [1.82, 2.24) is 0 Å². The predicted molar refractivity (Wildman–Crippen MR) is 74.3 cm³/mol. The Morgan fingerprint density at radius 2 is 1.47 bits per heavy atom. The van der Waals surface area contributed by atoms with Crippen LogP contribution in [0, 0.1) is 25.5 Å². The Morgan fingerprint density at radius 3 is 2.05 bits per heavy atom. The highest BCUT2D eigenvalue weighted by Crippen LogP contribution is 2.19. The van der Waals surface area contributed by atoms with Crippen LogP contribution in [0.3, 0.4) is 0 Å². The Bertz CT molecular complexity index is 597. The van der Waals surface area contributed by atoms with Gasteiger partial charge in [-0.2, -0.15) is 0 Å². The topological polar surface area (TPSA) is 15.3 Å². The standard InChI is InChI=1S/C15H16F2N2/c1-10-4-6-12(8-14(10)16)18-19(3)13-7-5-11(2)15(17)9-13/h4-9,18H,1-3H3. The van der Waals surface area contributed by atoms with E-state index < -0.39 is 0 Å². The van der Waals surface area contributed by atoms with E-state index in [-0.39, 0.29) is 11.6 Å². The van der Waals surface area contributed by atoms with Gasteiger partial charge in [0.05, 0.1) is 11.4 Å². The van der Waals surface area contributed by atoms with Crippen molar-refractivity contribution in [2.75, 3.05) is 17.5 Å². The van der Waals surface area contributed by atoms with Gasteiger partial charge >= 0.3 is 0 Å². The predicted octanol–water partition coefficient (Wildman–Crippen LogP) is 4.04. The molecule has 100 valence electrons. The minimum atomic E-state index is -0.270. The van der Waals surface area contributed by atoms with E-state index in [9.17, 15) is 8.78 Å². The van der Waals surface area contributed by atoms with Crippen LogP contribution in [-0.2, 0) is 0 Å². The van der Waals surface area contributed by atoms with E-state index in [1.54, 1.807) is 50.2 Å². The first-order chi connectivity index (χ1) is 8.97. The number of benzene rings is 2. The zero-order chi connectivity index (χ0) is 14.0. The second-order valence-corrected chi connectivity index (χ2v) is 4.57. The van der Waals surface area contributed by atoms with Crippen molar-refractivity contribution >= 4 is 11.4 Å². The highest BCUT2D eigenvalue weighted by atomic mass is 19.1. The maximum absolute atomic E-state index is 13.5. The number of anilines is 2. The summed E-state index contributed by atoms with van der Waals surface area (Å²) in [6.45, 7) is 3.42. The lowest BCUT2D eigenvalue weighted by Crippen LogP contribution is -2.24. The fourth-order valence-corrected chi connectivity index (χ4v) is 1.71. The van der Waals surface area contributed by atoms with Crippen LogP contribution in [0.1, 0.15) is 11.1 Å². The van der Waals surface area contributed by atoms with Crippen LogP contribution in [0.5, 0.6) is 0 Å². The van der Waals surface area contributed by atoms with Gasteiger partial charge in [0.15, 0.2) is 0 Å². The van der Waals surface area contributed by atoms with Gasteiger partial charge in [-0.3, -0.25) is 10.4 Å². The van der Waals surface area contributed by atoms with Crippen LogP contribution in [0.2, 0.25) is 0 Å². The molecule has 0 saturated carbocycles. The molecule has 1 N–H and O–H groups in total. The first-order valence-corrected chi connectivity index (χ1v) is 6.00. The van der Waals surface area contributed by atoms with Crippen LogP contribution < -0.4 is 10.4 Å². The van der Waals surface area contributed by atoms with Crippen LogP contribution in [0.4, 0.5) is 20.2 Å². The molecule has 2 aromatic carbocycles. The number of nitrogens with zero attached hydrogens (tertiary/aromatic N) is 1. The number of hydrogen-bond donors (Lipinski definition) is 1. The molecule has 0 bridgehead atoms. The summed E-state index contributed by atoms with van der Waals surface area (Å²) < 4.78 is 26.9. The monoisotopic (exact) mass is 262 g/mol. The van der Waals surface area contributed by atoms with E-state index in [0.717, 1.165) is 0 Å². The molecule has 0 aliphatic heterocycles. The Kier molecular flexibility index (Phi) is 3.69. The third-order valence-electron chi connectivity index (χ3n) is 3.01. The lowest BCUT2D eigenvalue weighted by atomic mass is 10.2. The molecule has 0 aliphatic rings. The fourth-order valence-electron chi connectivity index (χ4n) is 1.71. The molecule has 19 heavy (non-hydrogen) atoms. The molecule has 0 saturated heterocycles. The molecule has 0 amide bonds. The molecular weight excluding hydrogens is 246 g/mol. The number of nitrogens with one attached hydrogen (secondary N) is 1. The SMILES string of the molecule is Cc1ccc(NN(C)c2ccc(C)c(F)c2)cc1F. The summed E-state index contributed by atoms with van der Waals surface area (Å²) in [6.07, 6.45) is 0. The first kappa shape index (κ1) is 13.3. The Hall–Kier alpha value is -2.10. The number of rotatable bonds is 3. The van der Waals surface area contributed by atoms with E-state index in [0.29, 0.717) is 22.5 Å². The second-order valence-electron chi connectivity index (χ2n) is 4.57. The highest BCUT2D eigenvalue weighted by molar-refractivity contribution is 5.55. The summed E-state index contributed by atoms with van der Waals surface area (Å²) in [5.41, 5.74) is 5.48. The van der Waals surface area contributed by atoms with Gasteiger partial charge in [0.25, 0.3) is 0 Å². The van der Waals surface area contributed by atoms with Crippen molar-refractivity contribution in [3.8, 4) is 0 Å². The van der Waals surface area contributed by atoms with Gasteiger partial charge in [0, 0.05) is 7.05 Å². The molecule has 0 heterocycles. The molecule has 2 rings (SSSR count). The van der Waals surface area contributed by atoms with E-state index in [1.165, 1.54) is 12.1 Å². The van der Waals surface area contributed by atoms with Crippen LogP contribution in [-0.4, -0.2) is 7.05 Å². The minimum Gasteiger partial charge on any atom is -0.299 e. The summed E-state index contributed by atoms with van der Waals surface area (Å²) in [7, 11) is 1.75. The average molecular weight is 262 g/mol. The molecule has 0 atom stereocenters. The Balaban J connectivity index is 2.17. The molecule has 0 spiro atoms. The number of aryl methyl sites for hydroxylation is 2. The largest absolute Gasteiger partial charge is 0.299 e. The van der Waals surface area contributed by atoms with Gasteiger partial charge in [-0.05, 0) is 49.2 Å². The van der Waals surface area contributed by atoms with Crippen molar-refractivity contribution in [2.45, 2.75) is 13.8 Å². The molecule has 4 heteroatoms. The van der Waals surface area contributed by atoms with Crippen molar-refractivity contribution in [2.24, 2.45) is 0 Å². The summed E-state index contributed by atoms with van der Waals surface area (Å²) in [5, 5.41) is 1.65. The smallest absolute Gasteiger partial charge is 0.128 e. The summed E-state index contributed by atoms with van der Waals surface area (Å²) >= 11 is 0. The molecule has 2 aromatic rings. The number of halogens is 2. The average Bonchev–Trinajstić information content (AvgIpc) is 2.37. The lowest BCUT2D eigenvalue weighted by molar-refractivity contribution is 0.617. The number of hydrogen-bond acceptors (Lipinski definition) is 2. The molecule has 0 radical (unpaired) electrons. The third-order valence-corrected chi connectivity index (χ3v) is 3.01. The van der Waals surface area contributed by atoms with Gasteiger partial charge in [-0.1, -0.05) is 12.1 Å². The van der Waals surface area contributed by atoms with Crippen LogP contribution in [0.15, 0.2) is 36.4 Å². The van der Waals surface area contributed by atoms with Gasteiger partial charge in [0.1, 0.15) is 11.6 Å². The normalized spacial score (nSPS) is 10.4. The molecule has 0 unspecified atom stereocenters. The quantitative estimate of drug-likeness (QED) is 0.840. The van der Waals surface area contributed by atoms with E-state index in [4.69, 9.17) is 0 Å². The summed E-state index contributed by atoms with van der Waals surface area (Å²) in [6, 6.07) is 9.83. The van der Waals surface area contributed by atoms with Gasteiger partial charge in [-0.25, -0.2) is 8.78 Å². The maximum atomic E-state index is 13.5. The Morgan fingerprint density at radius 1 is 0.895 bits per heavy atom.